The van der Waals surface area contributed by atoms with Crippen molar-refractivity contribution in [1.29, 1.82) is 0 Å². The molecule has 18 heavy (non-hydrogen) atoms. The summed E-state index contributed by atoms with van der Waals surface area (Å²) in [7, 11) is -3.66. The number of benzene rings is 1. The number of nitrogens with zero attached hydrogens (tertiary/aromatic N) is 2. The van der Waals surface area contributed by atoms with Crippen molar-refractivity contribution in [3.63, 3.8) is 0 Å². The molecule has 0 aliphatic carbocycles. The van der Waals surface area contributed by atoms with E-state index in [-0.39, 0.29) is 10.0 Å². The summed E-state index contributed by atoms with van der Waals surface area (Å²) in [6.45, 7) is 3.51. The summed E-state index contributed by atoms with van der Waals surface area (Å²) in [5.41, 5.74) is 6.97. The summed E-state index contributed by atoms with van der Waals surface area (Å²) in [5, 5.41) is 0.242. The molecule has 0 unspecified atom stereocenters. The molecule has 96 valence electrons. The van der Waals surface area contributed by atoms with Crippen LogP contribution in [0.5, 0.6) is 0 Å². The lowest BCUT2D eigenvalue weighted by Gasteiger charge is -2.06. The maximum Gasteiger partial charge on any atom is 0.263 e. The van der Waals surface area contributed by atoms with E-state index < -0.39 is 10.0 Å². The van der Waals surface area contributed by atoms with E-state index in [0.29, 0.717) is 11.5 Å². The van der Waals surface area contributed by atoms with Gasteiger partial charge < -0.3 is 5.73 Å². The van der Waals surface area contributed by atoms with E-state index in [1.165, 1.54) is 12.1 Å². The molecule has 0 radical (unpaired) electrons. The second kappa shape index (κ2) is 4.54. The number of aryl methyl sites for hydroxylation is 2. The number of hydrogen-bond donors (Lipinski definition) is 2. The van der Waals surface area contributed by atoms with Crippen molar-refractivity contribution >= 4 is 32.4 Å². The molecule has 1 aromatic heterocycles. The van der Waals surface area contributed by atoms with Crippen LogP contribution in [0.2, 0.25) is 0 Å². The highest BCUT2D eigenvalue weighted by Gasteiger charge is 2.16. The molecule has 1 aromatic carbocycles. The molecule has 0 saturated heterocycles. The molecule has 0 saturated carbocycles. The summed E-state index contributed by atoms with van der Waals surface area (Å²) in [5.74, 6) is 0.529. The zero-order valence-electron chi connectivity index (χ0n) is 9.84. The van der Waals surface area contributed by atoms with E-state index in [2.05, 4.69) is 14.1 Å². The lowest BCUT2D eigenvalue weighted by atomic mass is 10.2. The van der Waals surface area contributed by atoms with Crippen LogP contribution >= 0.6 is 11.5 Å². The van der Waals surface area contributed by atoms with Crippen molar-refractivity contribution in [2.45, 2.75) is 18.7 Å². The van der Waals surface area contributed by atoms with Crippen LogP contribution in [0, 0.1) is 13.8 Å². The average molecular weight is 284 g/mol. The summed E-state index contributed by atoms with van der Waals surface area (Å²) < 4.78 is 30.4. The van der Waals surface area contributed by atoms with Gasteiger partial charge in [0.1, 0.15) is 5.82 Å². The SMILES string of the molecule is Cc1nsc(NS(=O)(=O)c2ccc(C)c(N)c2)n1. The standard InChI is InChI=1S/C10H12N4O2S2/c1-6-3-4-8(5-9(6)11)18(15,16)14-10-12-7(2)13-17-10/h3-5H,11H2,1-2H3,(H,12,13,14). The van der Waals surface area contributed by atoms with Gasteiger partial charge in [-0.1, -0.05) is 6.07 Å². The zero-order valence-corrected chi connectivity index (χ0v) is 11.5. The van der Waals surface area contributed by atoms with Crippen LogP contribution in [0.1, 0.15) is 11.4 Å². The van der Waals surface area contributed by atoms with Gasteiger partial charge in [0, 0.05) is 17.2 Å². The van der Waals surface area contributed by atoms with Gasteiger partial charge in [-0.05, 0) is 31.5 Å². The minimum atomic E-state index is -3.66. The first-order valence-corrected chi connectivity index (χ1v) is 7.33. The lowest BCUT2D eigenvalue weighted by molar-refractivity contribution is 0.601. The van der Waals surface area contributed by atoms with Gasteiger partial charge in [-0.3, -0.25) is 4.72 Å². The first-order chi connectivity index (χ1) is 8.38. The lowest BCUT2D eigenvalue weighted by Crippen LogP contribution is -2.13. The maximum absolute atomic E-state index is 12.0. The Hall–Kier alpha value is -1.67. The molecular formula is C10H12N4O2S2. The van der Waals surface area contributed by atoms with Crippen molar-refractivity contribution in [1.82, 2.24) is 9.36 Å². The van der Waals surface area contributed by atoms with Gasteiger partial charge in [0.2, 0.25) is 5.13 Å². The predicted octanol–water partition coefficient (Wildman–Crippen LogP) is 1.54. The van der Waals surface area contributed by atoms with Crippen LogP contribution in [-0.4, -0.2) is 17.8 Å². The smallest absolute Gasteiger partial charge is 0.263 e. The third-order valence-electron chi connectivity index (χ3n) is 2.31. The molecule has 0 fully saturated rings. The van der Waals surface area contributed by atoms with Crippen LogP contribution in [0.25, 0.3) is 0 Å². The first-order valence-electron chi connectivity index (χ1n) is 5.08. The number of rotatable bonds is 3. The molecule has 0 aliphatic heterocycles. The molecule has 0 bridgehead atoms. The van der Waals surface area contributed by atoms with E-state index in [0.717, 1.165) is 17.1 Å². The highest BCUT2D eigenvalue weighted by molar-refractivity contribution is 7.93. The van der Waals surface area contributed by atoms with E-state index >= 15 is 0 Å². The number of nitrogen functional groups attached to an aromatic ring is 1. The van der Waals surface area contributed by atoms with Crippen LogP contribution in [0.3, 0.4) is 0 Å². The van der Waals surface area contributed by atoms with Crippen LogP contribution < -0.4 is 10.5 Å². The van der Waals surface area contributed by atoms with Gasteiger partial charge in [-0.2, -0.15) is 4.37 Å². The fourth-order valence-electron chi connectivity index (χ4n) is 1.30. The van der Waals surface area contributed by atoms with Gasteiger partial charge in [0.15, 0.2) is 0 Å². The Morgan fingerprint density at radius 2 is 2.06 bits per heavy atom. The van der Waals surface area contributed by atoms with E-state index in [1.54, 1.807) is 13.0 Å². The van der Waals surface area contributed by atoms with Gasteiger partial charge in [-0.25, -0.2) is 13.4 Å². The molecule has 0 atom stereocenters. The summed E-state index contributed by atoms with van der Waals surface area (Å²) >= 11 is 0.996. The van der Waals surface area contributed by atoms with Gasteiger partial charge in [-0.15, -0.1) is 0 Å². The Morgan fingerprint density at radius 3 is 2.61 bits per heavy atom. The Morgan fingerprint density at radius 1 is 1.33 bits per heavy atom. The second-order valence-corrected chi connectivity index (χ2v) is 6.20. The minimum absolute atomic E-state index is 0.110. The fourth-order valence-corrected chi connectivity index (χ4v) is 3.13. The van der Waals surface area contributed by atoms with Gasteiger partial charge in [0.25, 0.3) is 10.0 Å². The molecule has 0 amide bonds. The third kappa shape index (κ3) is 2.59. The predicted molar refractivity (Wildman–Crippen MR) is 71.0 cm³/mol. The van der Waals surface area contributed by atoms with Crippen LogP contribution in [0.4, 0.5) is 10.8 Å². The molecule has 2 rings (SSSR count). The number of nitrogens with one attached hydrogen (secondary N) is 1. The van der Waals surface area contributed by atoms with Gasteiger partial charge >= 0.3 is 0 Å². The number of nitrogens with two attached hydrogens (primary N) is 1. The second-order valence-electron chi connectivity index (χ2n) is 3.77. The highest BCUT2D eigenvalue weighted by atomic mass is 32.2. The zero-order chi connectivity index (χ0) is 13.3. The summed E-state index contributed by atoms with van der Waals surface area (Å²) in [6.07, 6.45) is 0. The number of hydrogen-bond acceptors (Lipinski definition) is 6. The largest absolute Gasteiger partial charge is 0.398 e. The summed E-state index contributed by atoms with van der Waals surface area (Å²) in [6, 6.07) is 4.59. The Labute approximate surface area is 109 Å². The van der Waals surface area contributed by atoms with Crippen molar-refractivity contribution in [2.24, 2.45) is 0 Å². The first kappa shape index (κ1) is 12.8. The van der Waals surface area contributed by atoms with Crippen molar-refractivity contribution in [2.75, 3.05) is 10.5 Å². The molecule has 2 aromatic rings. The molecule has 6 nitrogen and oxygen atoms in total. The molecule has 3 N–H and O–H groups in total. The molecule has 1 heterocycles. The van der Waals surface area contributed by atoms with Crippen LogP contribution in [-0.2, 0) is 10.0 Å². The fraction of sp³-hybridized carbons (Fsp3) is 0.200. The quantitative estimate of drug-likeness (QED) is 0.833. The highest BCUT2D eigenvalue weighted by Crippen LogP contribution is 2.21. The number of aromatic nitrogens is 2. The van der Waals surface area contributed by atoms with E-state index in [9.17, 15) is 8.42 Å². The normalized spacial score (nSPS) is 11.4. The van der Waals surface area contributed by atoms with Gasteiger partial charge in [0.05, 0.1) is 4.90 Å². The average Bonchev–Trinajstić information content (AvgIpc) is 2.67. The van der Waals surface area contributed by atoms with E-state index in [4.69, 9.17) is 5.73 Å². The van der Waals surface area contributed by atoms with Crippen molar-refractivity contribution in [3.8, 4) is 0 Å². The van der Waals surface area contributed by atoms with Crippen molar-refractivity contribution in [3.05, 3.63) is 29.6 Å². The molecule has 8 heteroatoms. The summed E-state index contributed by atoms with van der Waals surface area (Å²) in [4.78, 5) is 4.06. The maximum atomic E-state index is 12.0. The molecule has 0 spiro atoms. The van der Waals surface area contributed by atoms with Crippen molar-refractivity contribution < 1.29 is 8.42 Å². The Kier molecular flexibility index (Phi) is 3.22. The third-order valence-corrected chi connectivity index (χ3v) is 4.50. The Bertz CT molecular complexity index is 679. The van der Waals surface area contributed by atoms with E-state index in [1.807, 2.05) is 6.92 Å². The molecular weight excluding hydrogens is 272 g/mol. The molecule has 0 aliphatic rings. The Balaban J connectivity index is 2.33. The topological polar surface area (TPSA) is 98.0 Å². The number of sulfonamides is 1. The van der Waals surface area contributed by atoms with Crippen LogP contribution in [0.15, 0.2) is 23.1 Å². The monoisotopic (exact) mass is 284 g/mol. The minimum Gasteiger partial charge on any atom is -0.398 e. The number of anilines is 2.